The van der Waals surface area contributed by atoms with Crippen LogP contribution in [0.4, 0.5) is 0 Å². The van der Waals surface area contributed by atoms with E-state index < -0.39 is 0 Å². The first-order valence-corrected chi connectivity index (χ1v) is 7.60. The fourth-order valence-corrected chi connectivity index (χ4v) is 2.94. The maximum absolute atomic E-state index is 12.6. The fourth-order valence-electron chi connectivity index (χ4n) is 2.82. The van der Waals surface area contributed by atoms with E-state index in [1.54, 1.807) is 0 Å². The minimum atomic E-state index is 0.120. The van der Waals surface area contributed by atoms with Crippen molar-refractivity contribution in [3.05, 3.63) is 35.4 Å². The number of halogens is 1. The van der Waals surface area contributed by atoms with Crippen LogP contribution in [0.15, 0.2) is 24.3 Å². The summed E-state index contributed by atoms with van der Waals surface area (Å²) >= 11 is 5.75. The van der Waals surface area contributed by atoms with E-state index in [0.717, 1.165) is 25.8 Å². The lowest BCUT2D eigenvalue weighted by atomic mass is 10.0. The van der Waals surface area contributed by atoms with Gasteiger partial charge in [-0.25, -0.2) is 0 Å². The summed E-state index contributed by atoms with van der Waals surface area (Å²) in [4.78, 5) is 14.6. The Hall–Kier alpha value is -1.02. The molecule has 0 saturated carbocycles. The van der Waals surface area contributed by atoms with Gasteiger partial charge in [-0.05, 0) is 44.2 Å². The van der Waals surface area contributed by atoms with E-state index in [4.69, 9.17) is 11.6 Å². The Labute approximate surface area is 120 Å². The molecule has 0 aromatic heterocycles. The van der Waals surface area contributed by atoms with Crippen LogP contribution >= 0.6 is 11.6 Å². The highest BCUT2D eigenvalue weighted by Crippen LogP contribution is 2.28. The van der Waals surface area contributed by atoms with Gasteiger partial charge in [0.25, 0.3) is 0 Å². The van der Waals surface area contributed by atoms with Crippen LogP contribution in [-0.4, -0.2) is 29.3 Å². The molecule has 0 heterocycles. The van der Waals surface area contributed by atoms with Crippen molar-refractivity contribution >= 4 is 17.5 Å². The van der Waals surface area contributed by atoms with Gasteiger partial charge in [0.05, 0.1) is 0 Å². The lowest BCUT2D eigenvalue weighted by Gasteiger charge is -2.29. The quantitative estimate of drug-likeness (QED) is 0.758. The summed E-state index contributed by atoms with van der Waals surface area (Å²) in [5, 5.41) is 0. The van der Waals surface area contributed by atoms with E-state index in [1.807, 2.05) is 4.90 Å². The molecule has 104 valence electrons. The number of fused-ring (bicyclic) bond motifs is 1. The number of amides is 1. The number of benzene rings is 1. The van der Waals surface area contributed by atoms with Gasteiger partial charge in [-0.3, -0.25) is 4.79 Å². The lowest BCUT2D eigenvalue weighted by molar-refractivity contribution is -0.137. The number of carbonyl (C=O) groups is 1. The van der Waals surface area contributed by atoms with E-state index in [-0.39, 0.29) is 17.9 Å². The monoisotopic (exact) mass is 279 g/mol. The van der Waals surface area contributed by atoms with Gasteiger partial charge in [-0.1, -0.05) is 24.3 Å². The van der Waals surface area contributed by atoms with Gasteiger partial charge in [0.1, 0.15) is 0 Å². The Morgan fingerprint density at radius 1 is 1.32 bits per heavy atom. The van der Waals surface area contributed by atoms with Crippen molar-refractivity contribution in [3.63, 3.8) is 0 Å². The molecule has 0 spiro atoms. The smallest absolute Gasteiger partial charge is 0.226 e. The standard InChI is InChI=1S/C16H22ClNO/c1-12(2)18(9-5-8-17)16(19)15-10-13-6-3-4-7-14(13)11-15/h3-4,6-7,12,15H,5,8-11H2,1-2H3. The molecule has 0 fully saturated rings. The normalized spacial score (nSPS) is 14.7. The molecule has 0 bridgehead atoms. The number of nitrogens with zero attached hydrogens (tertiary/aromatic N) is 1. The molecule has 0 aliphatic heterocycles. The van der Waals surface area contributed by atoms with Crippen LogP contribution < -0.4 is 0 Å². The molecular weight excluding hydrogens is 258 g/mol. The third kappa shape index (κ3) is 3.30. The summed E-state index contributed by atoms with van der Waals surface area (Å²) in [6.45, 7) is 4.93. The molecule has 19 heavy (non-hydrogen) atoms. The average Bonchev–Trinajstić information content (AvgIpc) is 2.82. The SMILES string of the molecule is CC(C)N(CCCCl)C(=O)C1Cc2ccccc2C1. The zero-order valence-electron chi connectivity index (χ0n) is 11.7. The van der Waals surface area contributed by atoms with Crippen LogP contribution in [0.3, 0.4) is 0 Å². The number of hydrogen-bond donors (Lipinski definition) is 0. The van der Waals surface area contributed by atoms with Crippen molar-refractivity contribution in [1.29, 1.82) is 0 Å². The van der Waals surface area contributed by atoms with E-state index in [0.29, 0.717) is 5.88 Å². The summed E-state index contributed by atoms with van der Waals surface area (Å²) in [6.07, 6.45) is 2.64. The van der Waals surface area contributed by atoms with Crippen LogP contribution in [0.25, 0.3) is 0 Å². The third-order valence-electron chi connectivity index (χ3n) is 3.84. The first-order valence-electron chi connectivity index (χ1n) is 7.06. The highest BCUT2D eigenvalue weighted by Gasteiger charge is 2.31. The molecule has 0 radical (unpaired) electrons. The molecule has 0 N–H and O–H groups in total. The molecule has 3 heteroatoms. The van der Waals surface area contributed by atoms with Crippen LogP contribution in [0.1, 0.15) is 31.4 Å². The molecule has 1 aromatic carbocycles. The number of hydrogen-bond acceptors (Lipinski definition) is 1. The predicted molar refractivity (Wildman–Crippen MR) is 79.5 cm³/mol. The van der Waals surface area contributed by atoms with Gasteiger partial charge in [0, 0.05) is 24.4 Å². The summed E-state index contributed by atoms with van der Waals surface area (Å²) in [5.41, 5.74) is 2.67. The van der Waals surface area contributed by atoms with E-state index in [2.05, 4.69) is 38.1 Å². The molecule has 1 aliphatic carbocycles. The molecule has 2 nitrogen and oxygen atoms in total. The summed E-state index contributed by atoms with van der Waals surface area (Å²) < 4.78 is 0. The zero-order chi connectivity index (χ0) is 13.8. The molecule has 2 rings (SSSR count). The largest absolute Gasteiger partial charge is 0.340 e. The van der Waals surface area contributed by atoms with Crippen LogP contribution in [0.5, 0.6) is 0 Å². The van der Waals surface area contributed by atoms with Crippen LogP contribution in [0.2, 0.25) is 0 Å². The second kappa shape index (κ2) is 6.42. The molecule has 1 aromatic rings. The number of alkyl halides is 1. The van der Waals surface area contributed by atoms with Crippen LogP contribution in [-0.2, 0) is 17.6 Å². The highest BCUT2D eigenvalue weighted by molar-refractivity contribution is 6.17. The number of carbonyl (C=O) groups excluding carboxylic acids is 1. The van der Waals surface area contributed by atoms with Crippen LogP contribution in [0, 0.1) is 5.92 Å². The highest BCUT2D eigenvalue weighted by atomic mass is 35.5. The molecule has 0 atom stereocenters. The molecular formula is C16H22ClNO. The Morgan fingerprint density at radius 2 is 1.89 bits per heavy atom. The van der Waals surface area contributed by atoms with Gasteiger partial charge in [-0.15, -0.1) is 11.6 Å². The van der Waals surface area contributed by atoms with E-state index in [9.17, 15) is 4.79 Å². The first kappa shape index (κ1) is 14.4. The molecule has 1 amide bonds. The van der Waals surface area contributed by atoms with Gasteiger partial charge in [-0.2, -0.15) is 0 Å². The molecule has 0 unspecified atom stereocenters. The third-order valence-corrected chi connectivity index (χ3v) is 4.11. The summed E-state index contributed by atoms with van der Waals surface area (Å²) in [6, 6.07) is 8.64. The Balaban J connectivity index is 2.04. The summed E-state index contributed by atoms with van der Waals surface area (Å²) in [7, 11) is 0. The second-order valence-corrected chi connectivity index (χ2v) is 5.92. The maximum atomic E-state index is 12.6. The Kier molecular flexibility index (Phi) is 4.87. The maximum Gasteiger partial charge on any atom is 0.226 e. The van der Waals surface area contributed by atoms with E-state index in [1.165, 1.54) is 11.1 Å². The lowest BCUT2D eigenvalue weighted by Crippen LogP contribution is -2.42. The minimum Gasteiger partial charge on any atom is -0.340 e. The van der Waals surface area contributed by atoms with Gasteiger partial charge >= 0.3 is 0 Å². The van der Waals surface area contributed by atoms with Crippen molar-refractivity contribution in [1.82, 2.24) is 4.90 Å². The van der Waals surface area contributed by atoms with Crippen molar-refractivity contribution < 1.29 is 4.79 Å². The first-order chi connectivity index (χ1) is 9.13. The van der Waals surface area contributed by atoms with Crippen molar-refractivity contribution in [2.24, 2.45) is 5.92 Å². The predicted octanol–water partition coefficient (Wildman–Crippen LogP) is 3.27. The van der Waals surface area contributed by atoms with Crippen molar-refractivity contribution in [2.75, 3.05) is 12.4 Å². The average molecular weight is 280 g/mol. The minimum absolute atomic E-state index is 0.120. The Morgan fingerprint density at radius 3 is 2.37 bits per heavy atom. The zero-order valence-corrected chi connectivity index (χ0v) is 12.5. The fraction of sp³-hybridized carbons (Fsp3) is 0.562. The van der Waals surface area contributed by atoms with Gasteiger partial charge in [0.2, 0.25) is 5.91 Å². The van der Waals surface area contributed by atoms with Crippen molar-refractivity contribution in [3.8, 4) is 0 Å². The topological polar surface area (TPSA) is 20.3 Å². The van der Waals surface area contributed by atoms with Gasteiger partial charge in [0.15, 0.2) is 0 Å². The number of rotatable bonds is 5. The molecule has 1 aliphatic rings. The van der Waals surface area contributed by atoms with Crippen molar-refractivity contribution in [2.45, 2.75) is 39.2 Å². The second-order valence-electron chi connectivity index (χ2n) is 5.54. The van der Waals surface area contributed by atoms with E-state index >= 15 is 0 Å². The van der Waals surface area contributed by atoms with Gasteiger partial charge < -0.3 is 4.90 Å². The Bertz CT molecular complexity index is 419. The molecule has 0 saturated heterocycles. The summed E-state index contributed by atoms with van der Waals surface area (Å²) in [5.74, 6) is 1.02.